The fourth-order valence-corrected chi connectivity index (χ4v) is 4.97. The molecule has 2 aliphatic carbocycles. The van der Waals surface area contributed by atoms with Gasteiger partial charge in [0.1, 0.15) is 6.61 Å². The molecule has 0 radical (unpaired) electrons. The number of alkyl carbamates (subject to hydrolysis) is 1. The van der Waals surface area contributed by atoms with E-state index in [1.165, 1.54) is 22.3 Å². The molecule has 2 amide bonds. The second-order valence-electron chi connectivity index (χ2n) is 9.26. The van der Waals surface area contributed by atoms with E-state index >= 15 is 0 Å². The van der Waals surface area contributed by atoms with Gasteiger partial charge in [-0.15, -0.1) is 0 Å². The van der Waals surface area contributed by atoms with Crippen LogP contribution in [0.3, 0.4) is 0 Å². The van der Waals surface area contributed by atoms with E-state index in [2.05, 4.69) is 34.9 Å². The van der Waals surface area contributed by atoms with Crippen LogP contribution in [0.1, 0.15) is 62.0 Å². The number of carboxylic acids is 1. The first kappa shape index (κ1) is 23.8. The molecule has 3 N–H and O–H groups in total. The summed E-state index contributed by atoms with van der Waals surface area (Å²) in [4.78, 5) is 34.9. The lowest BCUT2D eigenvalue weighted by atomic mass is 9.78. The molecule has 0 spiro atoms. The lowest BCUT2D eigenvalue weighted by molar-refractivity contribution is -0.137. The Hall–Kier alpha value is -3.35. The molecule has 180 valence electrons. The number of ether oxygens (including phenoxy) is 1. The molecule has 2 aromatic carbocycles. The number of benzene rings is 2. The first-order chi connectivity index (χ1) is 16.5. The van der Waals surface area contributed by atoms with Crippen LogP contribution in [0.25, 0.3) is 11.1 Å². The van der Waals surface area contributed by atoms with Crippen molar-refractivity contribution < 1.29 is 24.2 Å². The minimum atomic E-state index is -0.782. The summed E-state index contributed by atoms with van der Waals surface area (Å²) in [5, 5.41) is 14.4. The normalized spacial score (nSPS) is 18.4. The Bertz CT molecular complexity index is 986. The summed E-state index contributed by atoms with van der Waals surface area (Å²) in [6, 6.07) is 16.5. The molecule has 1 fully saturated rings. The average Bonchev–Trinajstić information content (AvgIpc) is 3.12. The third-order valence-corrected chi connectivity index (χ3v) is 6.77. The van der Waals surface area contributed by atoms with Crippen molar-refractivity contribution in [3.8, 4) is 11.1 Å². The molecule has 2 aromatic rings. The molecule has 0 aromatic heterocycles. The first-order valence-electron chi connectivity index (χ1n) is 12.1. The standard InChI is InChI=1S/C27H32N2O5/c30-25(28-13-7-1-2-12-26(31)32)16-18-14-19(15-18)29-27(33)34-17-24-22-10-5-3-8-20(22)21-9-4-6-11-23(21)24/h3-6,8-11,18-19,24H,1-2,7,12-17H2,(H,28,30)(H,29,33)(H,31,32). The molecule has 4 rings (SSSR count). The second-order valence-corrected chi connectivity index (χ2v) is 9.26. The Morgan fingerprint density at radius 1 is 0.912 bits per heavy atom. The van der Waals surface area contributed by atoms with Gasteiger partial charge >= 0.3 is 12.1 Å². The smallest absolute Gasteiger partial charge is 0.407 e. The number of unbranched alkanes of at least 4 members (excludes halogenated alkanes) is 2. The van der Waals surface area contributed by atoms with Crippen molar-refractivity contribution in [3.63, 3.8) is 0 Å². The van der Waals surface area contributed by atoms with Crippen molar-refractivity contribution in [1.29, 1.82) is 0 Å². The van der Waals surface area contributed by atoms with E-state index in [1.54, 1.807) is 0 Å². The quantitative estimate of drug-likeness (QED) is 0.426. The summed E-state index contributed by atoms with van der Waals surface area (Å²) < 4.78 is 5.60. The zero-order valence-corrected chi connectivity index (χ0v) is 19.3. The van der Waals surface area contributed by atoms with E-state index in [9.17, 15) is 14.4 Å². The largest absolute Gasteiger partial charge is 0.481 e. The predicted octanol–water partition coefficient (Wildman–Crippen LogP) is 4.46. The van der Waals surface area contributed by atoms with Crippen LogP contribution < -0.4 is 10.6 Å². The van der Waals surface area contributed by atoms with Crippen molar-refractivity contribution >= 4 is 18.0 Å². The van der Waals surface area contributed by atoms with Crippen LogP contribution in [0, 0.1) is 5.92 Å². The molecule has 0 aliphatic heterocycles. The van der Waals surface area contributed by atoms with Crippen LogP contribution in [0.2, 0.25) is 0 Å². The Labute approximate surface area is 199 Å². The molecule has 0 unspecified atom stereocenters. The maximum Gasteiger partial charge on any atom is 0.407 e. The Morgan fingerprint density at radius 3 is 2.21 bits per heavy atom. The van der Waals surface area contributed by atoms with Gasteiger partial charge in [-0.1, -0.05) is 55.0 Å². The molecule has 7 heteroatoms. The highest BCUT2D eigenvalue weighted by Crippen LogP contribution is 2.44. The Morgan fingerprint density at radius 2 is 1.56 bits per heavy atom. The topological polar surface area (TPSA) is 105 Å². The molecular weight excluding hydrogens is 432 g/mol. The van der Waals surface area contributed by atoms with Crippen LogP contribution in [-0.4, -0.2) is 42.3 Å². The maximum atomic E-state index is 12.4. The summed E-state index contributed by atoms with van der Waals surface area (Å²) in [5.41, 5.74) is 4.78. The Kier molecular flexibility index (Phi) is 7.83. The van der Waals surface area contributed by atoms with Gasteiger partial charge in [-0.05, 0) is 53.9 Å². The number of nitrogens with one attached hydrogen (secondary N) is 2. The number of carbonyl (C=O) groups is 3. The highest BCUT2D eigenvalue weighted by molar-refractivity contribution is 5.79. The third-order valence-electron chi connectivity index (χ3n) is 6.77. The SMILES string of the molecule is O=C(O)CCCCCNC(=O)CC1CC(NC(=O)OCC2c3ccccc3-c3ccccc32)C1. The second kappa shape index (κ2) is 11.2. The zero-order valence-electron chi connectivity index (χ0n) is 19.3. The summed E-state index contributed by atoms with van der Waals surface area (Å²) in [5.74, 6) is -0.455. The minimum Gasteiger partial charge on any atom is -0.481 e. The van der Waals surface area contributed by atoms with Crippen LogP contribution in [0.4, 0.5) is 4.79 Å². The van der Waals surface area contributed by atoms with Crippen molar-refractivity contribution in [1.82, 2.24) is 10.6 Å². The van der Waals surface area contributed by atoms with E-state index in [-0.39, 0.29) is 30.2 Å². The number of fused-ring (bicyclic) bond motifs is 3. The monoisotopic (exact) mass is 464 g/mol. The molecule has 0 atom stereocenters. The van der Waals surface area contributed by atoms with Crippen molar-refractivity contribution in [2.45, 2.75) is 56.9 Å². The highest BCUT2D eigenvalue weighted by atomic mass is 16.5. The van der Waals surface area contributed by atoms with E-state index in [4.69, 9.17) is 9.84 Å². The van der Waals surface area contributed by atoms with Gasteiger partial charge in [-0.3, -0.25) is 9.59 Å². The number of carbonyl (C=O) groups excluding carboxylic acids is 2. The molecule has 7 nitrogen and oxygen atoms in total. The first-order valence-corrected chi connectivity index (χ1v) is 12.1. The number of rotatable bonds is 11. The Balaban J connectivity index is 1.13. The summed E-state index contributed by atoms with van der Waals surface area (Å²) >= 11 is 0. The minimum absolute atomic E-state index is 0.0165. The highest BCUT2D eigenvalue weighted by Gasteiger charge is 2.33. The van der Waals surface area contributed by atoms with Gasteiger partial charge in [0.05, 0.1) is 0 Å². The van der Waals surface area contributed by atoms with E-state index in [1.807, 2.05) is 24.3 Å². The van der Waals surface area contributed by atoms with E-state index in [0.717, 1.165) is 25.7 Å². The molecule has 1 saturated carbocycles. The summed E-state index contributed by atoms with van der Waals surface area (Å²) in [6.07, 6.45) is 3.99. The van der Waals surface area contributed by atoms with E-state index < -0.39 is 12.1 Å². The van der Waals surface area contributed by atoms with Gasteiger partial charge in [-0.25, -0.2) is 4.79 Å². The van der Waals surface area contributed by atoms with Crippen LogP contribution in [0.15, 0.2) is 48.5 Å². The number of hydrogen-bond donors (Lipinski definition) is 3. The van der Waals surface area contributed by atoms with Gasteiger partial charge in [0, 0.05) is 31.3 Å². The van der Waals surface area contributed by atoms with Gasteiger partial charge in [-0.2, -0.15) is 0 Å². The predicted molar refractivity (Wildman–Crippen MR) is 128 cm³/mol. The molecule has 2 aliphatic rings. The molecule has 0 saturated heterocycles. The maximum absolute atomic E-state index is 12.4. The van der Waals surface area contributed by atoms with Crippen molar-refractivity contribution in [2.75, 3.05) is 13.2 Å². The number of hydrogen-bond acceptors (Lipinski definition) is 4. The fourth-order valence-electron chi connectivity index (χ4n) is 4.97. The summed E-state index contributed by atoms with van der Waals surface area (Å²) in [7, 11) is 0. The zero-order chi connectivity index (χ0) is 23.9. The summed E-state index contributed by atoms with van der Waals surface area (Å²) in [6.45, 7) is 0.873. The molecular formula is C27H32N2O5. The van der Waals surface area contributed by atoms with Gasteiger partial charge in [0.2, 0.25) is 5.91 Å². The third kappa shape index (κ3) is 5.95. The lowest BCUT2D eigenvalue weighted by Gasteiger charge is -2.35. The number of aliphatic carboxylic acids is 1. The van der Waals surface area contributed by atoms with Crippen molar-refractivity contribution in [3.05, 3.63) is 59.7 Å². The van der Waals surface area contributed by atoms with Crippen molar-refractivity contribution in [2.24, 2.45) is 5.92 Å². The number of carboxylic acid groups (broad SMARTS) is 1. The number of amides is 2. The van der Waals surface area contributed by atoms with E-state index in [0.29, 0.717) is 26.0 Å². The van der Waals surface area contributed by atoms with Gasteiger partial charge in [0.25, 0.3) is 0 Å². The van der Waals surface area contributed by atoms with Crippen LogP contribution >= 0.6 is 0 Å². The average molecular weight is 465 g/mol. The van der Waals surface area contributed by atoms with Gasteiger partial charge < -0.3 is 20.5 Å². The van der Waals surface area contributed by atoms with Crippen LogP contribution in [-0.2, 0) is 14.3 Å². The fraction of sp³-hybridized carbons (Fsp3) is 0.444. The molecule has 34 heavy (non-hydrogen) atoms. The molecule has 0 bridgehead atoms. The van der Waals surface area contributed by atoms with Gasteiger partial charge in [0.15, 0.2) is 0 Å². The van der Waals surface area contributed by atoms with Crippen LogP contribution in [0.5, 0.6) is 0 Å². The molecule has 0 heterocycles. The lowest BCUT2D eigenvalue weighted by Crippen LogP contribution is -2.46.